The quantitative estimate of drug-likeness (QED) is 0.312. The van der Waals surface area contributed by atoms with Crippen molar-refractivity contribution in [1.29, 1.82) is 0 Å². The second-order valence-corrected chi connectivity index (χ2v) is 1.85. The van der Waals surface area contributed by atoms with Gasteiger partial charge in [-0.1, -0.05) is 0 Å². The first-order valence-electron chi connectivity index (χ1n) is 2.79. The molecule has 0 aliphatic rings. The molecular weight excluding hydrogens is 104 g/mol. The maximum absolute atomic E-state index is 4.78. The highest BCUT2D eigenvalue weighted by atomic mass is 16.6. The third-order valence-corrected chi connectivity index (χ3v) is 0.708. The topological polar surface area (TPSA) is 33.3 Å². The second-order valence-electron chi connectivity index (χ2n) is 1.85. The molecule has 0 spiro atoms. The number of hydrogen-bond acceptors (Lipinski definition) is 3. The summed E-state index contributed by atoms with van der Waals surface area (Å²) in [4.78, 5) is 4.78. The van der Waals surface area contributed by atoms with Crippen molar-refractivity contribution in [3.8, 4) is 0 Å². The van der Waals surface area contributed by atoms with Gasteiger partial charge in [0.25, 0.3) is 0 Å². The van der Waals surface area contributed by atoms with Gasteiger partial charge in [-0.15, -0.1) is 0 Å². The molecule has 0 radical (unpaired) electrons. The van der Waals surface area contributed by atoms with Crippen LogP contribution in [0.5, 0.6) is 0 Å². The minimum absolute atomic E-state index is 0.489. The summed E-state index contributed by atoms with van der Waals surface area (Å²) in [5.41, 5.74) is 2.56. The normalized spacial score (nSPS) is 10.5. The van der Waals surface area contributed by atoms with Crippen LogP contribution >= 0.6 is 0 Å². The summed E-state index contributed by atoms with van der Waals surface area (Å²) in [6, 6.07) is 0.489. The van der Waals surface area contributed by atoms with Crippen LogP contribution in [0.25, 0.3) is 0 Å². The third kappa shape index (κ3) is 5.88. The Kier molecular flexibility index (Phi) is 4.95. The van der Waals surface area contributed by atoms with Crippen LogP contribution in [0.4, 0.5) is 0 Å². The van der Waals surface area contributed by atoms with Crippen LogP contribution in [0.15, 0.2) is 0 Å². The largest absolute Gasteiger partial charge is 0.291 e. The molecule has 0 aromatic heterocycles. The van der Waals surface area contributed by atoms with Crippen molar-refractivity contribution in [2.75, 3.05) is 13.8 Å². The molecule has 0 heterocycles. The Hall–Kier alpha value is -0.120. The van der Waals surface area contributed by atoms with Crippen molar-refractivity contribution in [2.45, 2.75) is 19.9 Å². The van der Waals surface area contributed by atoms with Crippen LogP contribution in [0.2, 0.25) is 0 Å². The molecule has 8 heavy (non-hydrogen) atoms. The summed E-state index contributed by atoms with van der Waals surface area (Å²) < 4.78 is 0. The minimum atomic E-state index is 0.489. The second kappa shape index (κ2) is 5.03. The van der Waals surface area contributed by atoms with E-state index in [2.05, 4.69) is 24.6 Å². The molecule has 0 rings (SSSR count). The van der Waals surface area contributed by atoms with Gasteiger partial charge in [0, 0.05) is 13.1 Å². The van der Waals surface area contributed by atoms with Crippen LogP contribution < -0.4 is 10.8 Å². The molecule has 0 amide bonds. The van der Waals surface area contributed by atoms with Crippen molar-refractivity contribution < 1.29 is 4.84 Å². The summed E-state index contributed by atoms with van der Waals surface area (Å²) >= 11 is 0. The lowest BCUT2D eigenvalue weighted by molar-refractivity contribution is 0.0403. The zero-order valence-corrected chi connectivity index (χ0v) is 5.69. The maximum Gasteiger partial charge on any atom is 0.119 e. The minimum Gasteiger partial charge on any atom is -0.291 e. The fourth-order valence-electron chi connectivity index (χ4n) is 0.281. The van der Waals surface area contributed by atoms with Crippen molar-refractivity contribution in [2.24, 2.45) is 0 Å². The van der Waals surface area contributed by atoms with Crippen LogP contribution in [-0.2, 0) is 4.84 Å². The van der Waals surface area contributed by atoms with E-state index in [1.807, 2.05) is 0 Å². The fourth-order valence-corrected chi connectivity index (χ4v) is 0.281. The van der Waals surface area contributed by atoms with E-state index >= 15 is 0 Å². The molecule has 2 N–H and O–H groups in total. The summed E-state index contributed by atoms with van der Waals surface area (Å²) in [5, 5.41) is 3.06. The lowest BCUT2D eigenvalue weighted by Crippen LogP contribution is -2.28. The number of hydroxylamine groups is 1. The monoisotopic (exact) mass is 118 g/mol. The molecule has 0 aliphatic carbocycles. The average Bonchev–Trinajstić information content (AvgIpc) is 1.66. The van der Waals surface area contributed by atoms with E-state index in [0.29, 0.717) is 12.8 Å². The first-order valence-corrected chi connectivity index (χ1v) is 2.79. The lowest BCUT2D eigenvalue weighted by Gasteiger charge is -2.06. The first-order chi connectivity index (χ1) is 3.77. The van der Waals surface area contributed by atoms with Gasteiger partial charge in [-0.2, -0.15) is 0 Å². The van der Waals surface area contributed by atoms with Crippen LogP contribution in [0.1, 0.15) is 13.8 Å². The molecular formula is C5H14N2O. The Morgan fingerprint density at radius 1 is 1.50 bits per heavy atom. The van der Waals surface area contributed by atoms with Gasteiger partial charge < -0.3 is 0 Å². The summed E-state index contributed by atoms with van der Waals surface area (Å²) in [7, 11) is 1.74. The Morgan fingerprint density at radius 3 is 2.50 bits per heavy atom. The van der Waals surface area contributed by atoms with Gasteiger partial charge >= 0.3 is 0 Å². The summed E-state index contributed by atoms with van der Waals surface area (Å²) in [5.74, 6) is 0. The lowest BCUT2D eigenvalue weighted by atomic mass is 10.4. The van der Waals surface area contributed by atoms with Crippen molar-refractivity contribution in [3.63, 3.8) is 0 Å². The zero-order valence-electron chi connectivity index (χ0n) is 5.69. The number of nitrogens with one attached hydrogen (secondary N) is 2. The highest BCUT2D eigenvalue weighted by molar-refractivity contribution is 4.44. The van der Waals surface area contributed by atoms with Gasteiger partial charge in [-0.05, 0) is 13.8 Å². The number of rotatable bonds is 4. The van der Waals surface area contributed by atoms with Gasteiger partial charge in [0.2, 0.25) is 0 Å². The molecule has 0 aromatic carbocycles. The average molecular weight is 118 g/mol. The molecule has 3 nitrogen and oxygen atoms in total. The molecule has 0 atom stereocenters. The first kappa shape index (κ1) is 7.88. The maximum atomic E-state index is 4.78. The van der Waals surface area contributed by atoms with Gasteiger partial charge in [-0.25, -0.2) is 5.48 Å². The smallest absolute Gasteiger partial charge is 0.119 e. The third-order valence-electron chi connectivity index (χ3n) is 0.708. The molecule has 0 aliphatic heterocycles. The molecule has 50 valence electrons. The molecule has 3 heteroatoms. The Morgan fingerprint density at radius 2 is 2.12 bits per heavy atom. The van der Waals surface area contributed by atoms with E-state index in [1.54, 1.807) is 7.05 Å². The van der Waals surface area contributed by atoms with Crippen LogP contribution in [0.3, 0.4) is 0 Å². The van der Waals surface area contributed by atoms with E-state index in [1.165, 1.54) is 0 Å². The molecule has 0 saturated heterocycles. The van der Waals surface area contributed by atoms with E-state index < -0.39 is 0 Å². The summed E-state index contributed by atoms with van der Waals surface area (Å²) in [6.07, 6.45) is 0. The van der Waals surface area contributed by atoms with Gasteiger partial charge in [-0.3, -0.25) is 10.2 Å². The van der Waals surface area contributed by atoms with Crippen molar-refractivity contribution in [3.05, 3.63) is 0 Å². The Balaban J connectivity index is 2.72. The zero-order chi connectivity index (χ0) is 6.41. The SMILES string of the molecule is CNOCNC(C)C. The highest BCUT2D eigenvalue weighted by Gasteiger charge is 1.87. The van der Waals surface area contributed by atoms with Gasteiger partial charge in [0.15, 0.2) is 0 Å². The van der Waals surface area contributed by atoms with E-state index in [0.717, 1.165) is 0 Å². The Bertz CT molecular complexity index is 47.7. The van der Waals surface area contributed by atoms with Gasteiger partial charge in [0.1, 0.15) is 6.73 Å². The molecule has 0 aromatic rings. The standard InChI is InChI=1S/C5H14N2O/c1-5(2)7-4-8-6-3/h5-7H,4H2,1-3H3. The van der Waals surface area contributed by atoms with E-state index in [9.17, 15) is 0 Å². The highest BCUT2D eigenvalue weighted by Crippen LogP contribution is 1.72. The fraction of sp³-hybridized carbons (Fsp3) is 1.00. The predicted molar refractivity (Wildman–Crippen MR) is 33.3 cm³/mol. The van der Waals surface area contributed by atoms with Crippen molar-refractivity contribution >= 4 is 0 Å². The van der Waals surface area contributed by atoms with Crippen molar-refractivity contribution in [1.82, 2.24) is 10.8 Å². The number of hydrogen-bond donors (Lipinski definition) is 2. The predicted octanol–water partition coefficient (Wildman–Crippen LogP) is 0.0929. The van der Waals surface area contributed by atoms with Crippen LogP contribution in [0, 0.1) is 0 Å². The van der Waals surface area contributed by atoms with E-state index in [-0.39, 0.29) is 0 Å². The molecule has 0 bridgehead atoms. The summed E-state index contributed by atoms with van der Waals surface area (Å²) in [6.45, 7) is 4.70. The van der Waals surface area contributed by atoms with Crippen LogP contribution in [-0.4, -0.2) is 19.8 Å². The molecule has 0 unspecified atom stereocenters. The van der Waals surface area contributed by atoms with Gasteiger partial charge in [0.05, 0.1) is 0 Å². The van der Waals surface area contributed by atoms with E-state index in [4.69, 9.17) is 4.84 Å². The molecule has 0 fully saturated rings. The Labute approximate surface area is 50.4 Å². The molecule has 0 saturated carbocycles.